The first-order valence-electron chi connectivity index (χ1n) is 6.61. The van der Waals surface area contributed by atoms with Crippen LogP contribution in [0.4, 0.5) is 11.5 Å². The van der Waals surface area contributed by atoms with Gasteiger partial charge in [0.05, 0.1) is 5.52 Å². The number of anilines is 2. The Balaban J connectivity index is 1.69. The molecule has 3 aromatic rings. The van der Waals surface area contributed by atoms with Gasteiger partial charge in [0.25, 0.3) is 0 Å². The molecule has 0 spiro atoms. The first kappa shape index (κ1) is 12.4. The minimum absolute atomic E-state index is 0.795. The first-order chi connectivity index (χ1) is 9.83. The van der Waals surface area contributed by atoms with Crippen molar-refractivity contribution >= 4 is 22.4 Å². The molecule has 0 unspecified atom stereocenters. The summed E-state index contributed by atoms with van der Waals surface area (Å²) in [5, 5.41) is 4.42. The number of nitrogen functional groups attached to an aromatic ring is 1. The lowest BCUT2D eigenvalue weighted by Gasteiger charge is -2.08. The van der Waals surface area contributed by atoms with Crippen molar-refractivity contribution < 1.29 is 0 Å². The monoisotopic (exact) mass is 264 g/mol. The summed E-state index contributed by atoms with van der Waals surface area (Å²) in [5.74, 6) is 0.881. The van der Waals surface area contributed by atoms with Crippen LogP contribution in [0.1, 0.15) is 5.56 Å². The van der Waals surface area contributed by atoms with Gasteiger partial charge in [0.2, 0.25) is 0 Å². The van der Waals surface area contributed by atoms with Crippen LogP contribution in [0.5, 0.6) is 0 Å². The zero-order valence-corrected chi connectivity index (χ0v) is 11.1. The maximum atomic E-state index is 5.68. The molecule has 100 valence electrons. The molecule has 4 nitrogen and oxygen atoms in total. The Kier molecular flexibility index (Phi) is 3.46. The topological polar surface area (TPSA) is 63.8 Å². The predicted octanol–water partition coefficient (Wildman–Crippen LogP) is 2.87. The van der Waals surface area contributed by atoms with Crippen LogP contribution in [0.3, 0.4) is 0 Å². The molecule has 3 rings (SSSR count). The van der Waals surface area contributed by atoms with Crippen LogP contribution >= 0.6 is 0 Å². The number of para-hydroxylation sites is 1. The van der Waals surface area contributed by atoms with Gasteiger partial charge in [0.1, 0.15) is 12.1 Å². The average molecular weight is 264 g/mol. The smallest absolute Gasteiger partial charge is 0.137 e. The number of benzene rings is 2. The van der Waals surface area contributed by atoms with Crippen LogP contribution in [0.15, 0.2) is 54.9 Å². The fourth-order valence-electron chi connectivity index (χ4n) is 2.16. The highest BCUT2D eigenvalue weighted by Gasteiger charge is 2.01. The Bertz CT molecular complexity index is 702. The average Bonchev–Trinajstić information content (AvgIpc) is 2.49. The highest BCUT2D eigenvalue weighted by molar-refractivity contribution is 5.88. The Morgan fingerprint density at radius 3 is 2.60 bits per heavy atom. The van der Waals surface area contributed by atoms with Gasteiger partial charge in [-0.2, -0.15) is 0 Å². The Morgan fingerprint density at radius 1 is 0.950 bits per heavy atom. The fourth-order valence-corrected chi connectivity index (χ4v) is 2.16. The van der Waals surface area contributed by atoms with Gasteiger partial charge in [0, 0.05) is 17.6 Å². The molecule has 0 aliphatic heterocycles. The third-order valence-electron chi connectivity index (χ3n) is 3.23. The highest BCUT2D eigenvalue weighted by Crippen LogP contribution is 2.18. The van der Waals surface area contributed by atoms with E-state index >= 15 is 0 Å². The molecule has 0 saturated heterocycles. The van der Waals surface area contributed by atoms with Gasteiger partial charge in [0.15, 0.2) is 0 Å². The van der Waals surface area contributed by atoms with E-state index in [-0.39, 0.29) is 0 Å². The van der Waals surface area contributed by atoms with Gasteiger partial charge in [-0.05, 0) is 36.2 Å². The standard InChI is InChI=1S/C16H16N4/c17-13-7-5-12(6-8-13)9-10-18-16-14-3-1-2-4-15(14)19-11-20-16/h1-8,11H,9-10,17H2,(H,18,19,20). The molecule has 0 aliphatic rings. The van der Waals surface area contributed by atoms with Crippen molar-refractivity contribution in [2.24, 2.45) is 0 Å². The number of hydrogen-bond acceptors (Lipinski definition) is 4. The van der Waals surface area contributed by atoms with E-state index in [9.17, 15) is 0 Å². The summed E-state index contributed by atoms with van der Waals surface area (Å²) in [4.78, 5) is 8.56. The van der Waals surface area contributed by atoms with E-state index in [1.165, 1.54) is 5.56 Å². The summed E-state index contributed by atoms with van der Waals surface area (Å²) in [7, 11) is 0. The number of rotatable bonds is 4. The number of hydrogen-bond donors (Lipinski definition) is 2. The predicted molar refractivity (Wildman–Crippen MR) is 82.6 cm³/mol. The van der Waals surface area contributed by atoms with Crippen LogP contribution in [0.25, 0.3) is 10.9 Å². The molecular weight excluding hydrogens is 248 g/mol. The summed E-state index contributed by atoms with van der Waals surface area (Å²) in [5.41, 5.74) is 8.68. The number of aromatic nitrogens is 2. The van der Waals surface area contributed by atoms with Crippen molar-refractivity contribution in [3.05, 3.63) is 60.4 Å². The van der Waals surface area contributed by atoms with E-state index in [0.29, 0.717) is 0 Å². The number of nitrogens with two attached hydrogens (primary N) is 1. The maximum Gasteiger partial charge on any atom is 0.137 e. The van der Waals surface area contributed by atoms with Crippen molar-refractivity contribution in [1.29, 1.82) is 0 Å². The summed E-state index contributed by atoms with van der Waals surface area (Å²) in [6, 6.07) is 15.9. The molecule has 20 heavy (non-hydrogen) atoms. The number of nitrogens with one attached hydrogen (secondary N) is 1. The van der Waals surface area contributed by atoms with Gasteiger partial charge < -0.3 is 11.1 Å². The molecular formula is C16H16N4. The number of nitrogens with zero attached hydrogens (tertiary/aromatic N) is 2. The SMILES string of the molecule is Nc1ccc(CCNc2ncnc3ccccc23)cc1. The molecule has 0 atom stereocenters. The minimum atomic E-state index is 0.795. The first-order valence-corrected chi connectivity index (χ1v) is 6.61. The molecule has 1 heterocycles. The molecule has 2 aromatic carbocycles. The zero-order chi connectivity index (χ0) is 13.8. The highest BCUT2D eigenvalue weighted by atomic mass is 15.0. The van der Waals surface area contributed by atoms with E-state index in [4.69, 9.17) is 5.73 Å². The van der Waals surface area contributed by atoms with Gasteiger partial charge in [-0.1, -0.05) is 24.3 Å². The van der Waals surface area contributed by atoms with Crippen LogP contribution in [-0.4, -0.2) is 16.5 Å². The van der Waals surface area contributed by atoms with Crippen molar-refractivity contribution in [3.8, 4) is 0 Å². The van der Waals surface area contributed by atoms with Crippen molar-refractivity contribution in [1.82, 2.24) is 9.97 Å². The minimum Gasteiger partial charge on any atom is -0.399 e. The lowest BCUT2D eigenvalue weighted by Crippen LogP contribution is -2.07. The summed E-state index contributed by atoms with van der Waals surface area (Å²) >= 11 is 0. The quantitative estimate of drug-likeness (QED) is 0.711. The third-order valence-corrected chi connectivity index (χ3v) is 3.23. The van der Waals surface area contributed by atoms with E-state index in [1.54, 1.807) is 6.33 Å². The van der Waals surface area contributed by atoms with Crippen LogP contribution in [0, 0.1) is 0 Å². The van der Waals surface area contributed by atoms with Gasteiger partial charge in [-0.3, -0.25) is 0 Å². The second-order valence-electron chi connectivity index (χ2n) is 4.66. The van der Waals surface area contributed by atoms with Gasteiger partial charge in [-0.25, -0.2) is 9.97 Å². The largest absolute Gasteiger partial charge is 0.399 e. The molecule has 4 heteroatoms. The fraction of sp³-hybridized carbons (Fsp3) is 0.125. The third kappa shape index (κ3) is 2.69. The van der Waals surface area contributed by atoms with E-state index in [2.05, 4.69) is 27.4 Å². The molecule has 3 N–H and O–H groups in total. The van der Waals surface area contributed by atoms with Crippen molar-refractivity contribution in [3.63, 3.8) is 0 Å². The molecule has 0 amide bonds. The molecule has 0 aliphatic carbocycles. The molecule has 0 saturated carbocycles. The zero-order valence-electron chi connectivity index (χ0n) is 11.1. The van der Waals surface area contributed by atoms with Crippen LogP contribution < -0.4 is 11.1 Å². The van der Waals surface area contributed by atoms with E-state index in [1.807, 2.05) is 36.4 Å². The van der Waals surface area contributed by atoms with Crippen molar-refractivity contribution in [2.45, 2.75) is 6.42 Å². The summed E-state index contributed by atoms with van der Waals surface area (Å²) < 4.78 is 0. The lowest BCUT2D eigenvalue weighted by atomic mass is 10.1. The Morgan fingerprint density at radius 2 is 1.75 bits per heavy atom. The maximum absolute atomic E-state index is 5.68. The summed E-state index contributed by atoms with van der Waals surface area (Å²) in [6.45, 7) is 0.824. The van der Waals surface area contributed by atoms with Crippen molar-refractivity contribution in [2.75, 3.05) is 17.6 Å². The molecule has 0 radical (unpaired) electrons. The normalized spacial score (nSPS) is 10.6. The van der Waals surface area contributed by atoms with Gasteiger partial charge >= 0.3 is 0 Å². The summed E-state index contributed by atoms with van der Waals surface area (Å²) in [6.07, 6.45) is 2.52. The molecule has 0 bridgehead atoms. The van der Waals surface area contributed by atoms with Crippen LogP contribution in [-0.2, 0) is 6.42 Å². The molecule has 0 fully saturated rings. The van der Waals surface area contributed by atoms with Crippen LogP contribution in [0.2, 0.25) is 0 Å². The van der Waals surface area contributed by atoms with E-state index < -0.39 is 0 Å². The lowest BCUT2D eigenvalue weighted by molar-refractivity contribution is 1.01. The Labute approximate surface area is 117 Å². The Hall–Kier alpha value is -2.62. The van der Waals surface area contributed by atoms with Gasteiger partial charge in [-0.15, -0.1) is 0 Å². The molecule has 1 aromatic heterocycles. The second kappa shape index (κ2) is 5.57. The number of fused-ring (bicyclic) bond motifs is 1. The second-order valence-corrected chi connectivity index (χ2v) is 4.66. The van der Waals surface area contributed by atoms with E-state index in [0.717, 1.165) is 35.4 Å².